The van der Waals surface area contributed by atoms with Gasteiger partial charge in [0, 0.05) is 22.7 Å². The molecule has 0 fully saturated rings. The highest BCUT2D eigenvalue weighted by molar-refractivity contribution is 5.87. The first kappa shape index (κ1) is 10.6. The lowest BCUT2D eigenvalue weighted by Gasteiger charge is -2.04. The molecule has 2 aromatic carbocycles. The highest BCUT2D eigenvalue weighted by Crippen LogP contribution is 2.20. The van der Waals surface area contributed by atoms with Crippen LogP contribution in [-0.4, -0.2) is 16.3 Å². The zero-order valence-corrected chi connectivity index (χ0v) is 9.58. The van der Waals surface area contributed by atoms with E-state index < -0.39 is 0 Å². The molecule has 3 nitrogen and oxygen atoms in total. The fraction of sp³-hybridized carbons (Fsp3) is 0. The summed E-state index contributed by atoms with van der Waals surface area (Å²) in [4.78, 5) is 19.8. The number of fused-ring (bicyclic) bond motifs is 1. The van der Waals surface area contributed by atoms with Gasteiger partial charge in [0.1, 0.15) is 0 Å². The number of rotatable bonds is 2. The first-order chi connectivity index (χ1) is 8.88. The number of hydrogen-bond acceptors (Lipinski definition) is 3. The SMILES string of the molecule is O=Cc1ccccc1-c1ncc2ccccc2n1. The quantitative estimate of drug-likeness (QED) is 0.640. The number of carbonyl (C=O) groups is 1. The second-order valence-electron chi connectivity index (χ2n) is 3.96. The van der Waals surface area contributed by atoms with Crippen LogP contribution < -0.4 is 0 Å². The summed E-state index contributed by atoms with van der Waals surface area (Å²) in [5, 5.41) is 0.991. The average Bonchev–Trinajstić information content (AvgIpc) is 2.46. The molecule has 3 aromatic rings. The second kappa shape index (κ2) is 4.37. The van der Waals surface area contributed by atoms with Gasteiger partial charge in [-0.25, -0.2) is 9.97 Å². The van der Waals surface area contributed by atoms with E-state index in [0.717, 1.165) is 22.8 Å². The van der Waals surface area contributed by atoms with Gasteiger partial charge in [0.2, 0.25) is 0 Å². The Hall–Kier alpha value is -2.55. The number of carbonyl (C=O) groups excluding carboxylic acids is 1. The highest BCUT2D eigenvalue weighted by atomic mass is 16.1. The van der Waals surface area contributed by atoms with Crippen LogP contribution in [0.3, 0.4) is 0 Å². The minimum atomic E-state index is 0.580. The fourth-order valence-electron chi connectivity index (χ4n) is 1.91. The maximum atomic E-state index is 11.0. The van der Waals surface area contributed by atoms with Gasteiger partial charge >= 0.3 is 0 Å². The van der Waals surface area contributed by atoms with Gasteiger partial charge in [-0.1, -0.05) is 42.5 Å². The molecule has 18 heavy (non-hydrogen) atoms. The topological polar surface area (TPSA) is 42.9 Å². The first-order valence-corrected chi connectivity index (χ1v) is 5.65. The van der Waals surface area contributed by atoms with Crippen molar-refractivity contribution in [2.75, 3.05) is 0 Å². The van der Waals surface area contributed by atoms with Crippen molar-refractivity contribution in [3.63, 3.8) is 0 Å². The van der Waals surface area contributed by atoms with Crippen molar-refractivity contribution < 1.29 is 4.79 Å². The molecule has 3 heteroatoms. The molecule has 0 aliphatic rings. The van der Waals surface area contributed by atoms with Gasteiger partial charge in [-0.2, -0.15) is 0 Å². The van der Waals surface area contributed by atoms with Gasteiger partial charge < -0.3 is 0 Å². The lowest BCUT2D eigenvalue weighted by atomic mass is 10.1. The standard InChI is InChI=1S/C15H10N2O/c18-10-12-6-1-3-7-13(12)15-16-9-11-5-2-4-8-14(11)17-15/h1-10H. The number of aromatic nitrogens is 2. The van der Waals surface area contributed by atoms with Crippen LogP contribution in [0.2, 0.25) is 0 Å². The average molecular weight is 234 g/mol. The Morgan fingerprint density at radius 3 is 2.61 bits per heavy atom. The van der Waals surface area contributed by atoms with E-state index in [-0.39, 0.29) is 0 Å². The Morgan fingerprint density at radius 2 is 1.72 bits per heavy atom. The van der Waals surface area contributed by atoms with E-state index >= 15 is 0 Å². The van der Waals surface area contributed by atoms with Crippen molar-refractivity contribution in [2.45, 2.75) is 0 Å². The molecule has 0 saturated heterocycles. The molecule has 3 rings (SSSR count). The molecular weight excluding hydrogens is 224 g/mol. The summed E-state index contributed by atoms with van der Waals surface area (Å²) in [7, 11) is 0. The molecule has 1 aromatic heterocycles. The van der Waals surface area contributed by atoms with Crippen LogP contribution in [0, 0.1) is 0 Å². The lowest BCUT2D eigenvalue weighted by molar-refractivity contribution is 0.112. The summed E-state index contributed by atoms with van der Waals surface area (Å²) in [6.07, 6.45) is 2.60. The summed E-state index contributed by atoms with van der Waals surface area (Å²) in [6.45, 7) is 0. The molecule has 0 amide bonds. The molecule has 0 unspecified atom stereocenters. The fourth-order valence-corrected chi connectivity index (χ4v) is 1.91. The van der Waals surface area contributed by atoms with Crippen LogP contribution in [0.5, 0.6) is 0 Å². The Balaban J connectivity index is 2.22. The van der Waals surface area contributed by atoms with Crippen molar-refractivity contribution in [1.82, 2.24) is 9.97 Å². The number of nitrogens with zero attached hydrogens (tertiary/aromatic N) is 2. The monoisotopic (exact) mass is 234 g/mol. The van der Waals surface area contributed by atoms with E-state index in [1.165, 1.54) is 0 Å². The van der Waals surface area contributed by atoms with E-state index in [2.05, 4.69) is 9.97 Å². The Labute approximate surface area is 104 Å². The van der Waals surface area contributed by atoms with Gasteiger partial charge in [-0.3, -0.25) is 4.79 Å². The zero-order valence-electron chi connectivity index (χ0n) is 9.58. The lowest BCUT2D eigenvalue weighted by Crippen LogP contribution is -1.93. The van der Waals surface area contributed by atoms with E-state index in [9.17, 15) is 4.79 Å². The Kier molecular flexibility index (Phi) is 2.57. The molecular formula is C15H10N2O. The van der Waals surface area contributed by atoms with Crippen LogP contribution >= 0.6 is 0 Å². The summed E-state index contributed by atoms with van der Waals surface area (Å²) >= 11 is 0. The van der Waals surface area contributed by atoms with Crippen LogP contribution in [-0.2, 0) is 0 Å². The minimum absolute atomic E-state index is 0.580. The molecule has 0 saturated carbocycles. The van der Waals surface area contributed by atoms with Crippen molar-refractivity contribution >= 4 is 17.2 Å². The van der Waals surface area contributed by atoms with Crippen molar-refractivity contribution in [3.8, 4) is 11.4 Å². The van der Waals surface area contributed by atoms with Crippen LogP contribution in [0.1, 0.15) is 10.4 Å². The highest BCUT2D eigenvalue weighted by Gasteiger charge is 2.07. The molecule has 0 bridgehead atoms. The molecule has 0 N–H and O–H groups in total. The van der Waals surface area contributed by atoms with E-state index in [4.69, 9.17) is 0 Å². The molecule has 1 heterocycles. The second-order valence-corrected chi connectivity index (χ2v) is 3.96. The Morgan fingerprint density at radius 1 is 0.944 bits per heavy atom. The summed E-state index contributed by atoms with van der Waals surface area (Å²) in [5.74, 6) is 0.580. The summed E-state index contributed by atoms with van der Waals surface area (Å²) < 4.78 is 0. The van der Waals surface area contributed by atoms with Crippen LogP contribution in [0.4, 0.5) is 0 Å². The van der Waals surface area contributed by atoms with Crippen LogP contribution in [0.25, 0.3) is 22.3 Å². The van der Waals surface area contributed by atoms with E-state index in [0.29, 0.717) is 11.4 Å². The van der Waals surface area contributed by atoms with Gasteiger partial charge in [0.15, 0.2) is 12.1 Å². The van der Waals surface area contributed by atoms with Gasteiger partial charge in [0.05, 0.1) is 5.52 Å². The zero-order chi connectivity index (χ0) is 12.4. The predicted molar refractivity (Wildman–Crippen MR) is 70.4 cm³/mol. The minimum Gasteiger partial charge on any atom is -0.298 e. The van der Waals surface area contributed by atoms with Crippen molar-refractivity contribution in [2.24, 2.45) is 0 Å². The van der Waals surface area contributed by atoms with Crippen molar-refractivity contribution in [1.29, 1.82) is 0 Å². The third-order valence-corrected chi connectivity index (χ3v) is 2.82. The Bertz CT molecular complexity index is 722. The molecule has 0 atom stereocenters. The van der Waals surface area contributed by atoms with Gasteiger partial charge in [0.25, 0.3) is 0 Å². The van der Waals surface area contributed by atoms with E-state index in [1.54, 1.807) is 12.3 Å². The van der Waals surface area contributed by atoms with Crippen molar-refractivity contribution in [3.05, 3.63) is 60.3 Å². The molecule has 86 valence electrons. The normalized spacial score (nSPS) is 10.4. The van der Waals surface area contributed by atoms with Gasteiger partial charge in [-0.05, 0) is 6.07 Å². The summed E-state index contributed by atoms with van der Waals surface area (Å²) in [6, 6.07) is 15.1. The number of hydrogen-bond donors (Lipinski definition) is 0. The smallest absolute Gasteiger partial charge is 0.160 e. The molecule has 0 spiro atoms. The maximum Gasteiger partial charge on any atom is 0.160 e. The van der Waals surface area contributed by atoms with Crippen LogP contribution in [0.15, 0.2) is 54.7 Å². The maximum absolute atomic E-state index is 11.0. The third kappa shape index (κ3) is 1.76. The molecule has 0 aliphatic heterocycles. The number of benzene rings is 2. The molecule has 0 aliphatic carbocycles. The first-order valence-electron chi connectivity index (χ1n) is 5.65. The van der Waals surface area contributed by atoms with Gasteiger partial charge in [-0.15, -0.1) is 0 Å². The summed E-state index contributed by atoms with van der Waals surface area (Å²) in [5.41, 5.74) is 2.24. The molecule has 0 radical (unpaired) electrons. The van der Waals surface area contributed by atoms with E-state index in [1.807, 2.05) is 42.5 Å². The predicted octanol–water partition coefficient (Wildman–Crippen LogP) is 3.11. The third-order valence-electron chi connectivity index (χ3n) is 2.82. The number of aldehydes is 1. The number of para-hydroxylation sites is 1. The largest absolute Gasteiger partial charge is 0.298 e.